The number of para-hydroxylation sites is 2. The van der Waals surface area contributed by atoms with E-state index in [0.717, 1.165) is 42.8 Å². The molecule has 0 amide bonds. The van der Waals surface area contributed by atoms with E-state index in [1.807, 2.05) is 31.2 Å². The molecule has 0 bridgehead atoms. The lowest BCUT2D eigenvalue weighted by Crippen LogP contribution is -2.35. The predicted molar refractivity (Wildman–Crippen MR) is 80.2 cm³/mol. The number of nitrogens with one attached hydrogen (secondary N) is 2. The number of hydrogen-bond donors (Lipinski definition) is 2. The van der Waals surface area contributed by atoms with Crippen molar-refractivity contribution >= 4 is 16.9 Å². The molecule has 0 aliphatic carbocycles. The largest absolute Gasteiger partial charge is 0.475 e. The smallest absolute Gasteiger partial charge is 0.258 e. The number of aromatic nitrogens is 2. The van der Waals surface area contributed by atoms with Crippen LogP contribution in [0.3, 0.4) is 0 Å². The van der Waals surface area contributed by atoms with Crippen molar-refractivity contribution in [3.8, 4) is 5.88 Å². The Balaban J connectivity index is 1.91. The van der Waals surface area contributed by atoms with Crippen molar-refractivity contribution in [2.75, 3.05) is 25.0 Å². The Labute approximate surface area is 118 Å². The second kappa shape index (κ2) is 6.05. The van der Waals surface area contributed by atoms with Gasteiger partial charge in [-0.2, -0.15) is 0 Å². The number of ether oxygens (including phenoxy) is 1. The van der Waals surface area contributed by atoms with Crippen LogP contribution >= 0.6 is 0 Å². The van der Waals surface area contributed by atoms with Crippen molar-refractivity contribution in [2.24, 2.45) is 0 Å². The maximum absolute atomic E-state index is 5.63. The van der Waals surface area contributed by atoms with Crippen molar-refractivity contribution in [2.45, 2.75) is 25.8 Å². The van der Waals surface area contributed by atoms with E-state index in [-0.39, 0.29) is 0 Å². The average molecular weight is 272 g/mol. The van der Waals surface area contributed by atoms with Crippen LogP contribution in [0, 0.1) is 0 Å². The number of benzene rings is 1. The van der Waals surface area contributed by atoms with Gasteiger partial charge in [-0.15, -0.1) is 0 Å². The van der Waals surface area contributed by atoms with Crippen LogP contribution in [0.2, 0.25) is 0 Å². The van der Waals surface area contributed by atoms with Gasteiger partial charge in [0.25, 0.3) is 5.88 Å². The molecular formula is C15H20N4O. The molecule has 106 valence electrons. The summed E-state index contributed by atoms with van der Waals surface area (Å²) in [5.41, 5.74) is 1.76. The van der Waals surface area contributed by atoms with Crippen molar-refractivity contribution in [3.63, 3.8) is 0 Å². The normalized spacial score (nSPS) is 16.2. The molecule has 2 N–H and O–H groups in total. The Morgan fingerprint density at radius 1 is 1.20 bits per heavy atom. The monoisotopic (exact) mass is 272 g/mol. The minimum atomic E-state index is 0.436. The third kappa shape index (κ3) is 2.82. The Hall–Kier alpha value is -1.88. The summed E-state index contributed by atoms with van der Waals surface area (Å²) in [4.78, 5) is 9.24. The number of rotatable bonds is 4. The summed E-state index contributed by atoms with van der Waals surface area (Å²) >= 11 is 0. The van der Waals surface area contributed by atoms with Crippen LogP contribution in [-0.2, 0) is 0 Å². The van der Waals surface area contributed by atoms with Gasteiger partial charge in [-0.05, 0) is 45.0 Å². The Morgan fingerprint density at radius 3 is 2.60 bits per heavy atom. The van der Waals surface area contributed by atoms with E-state index < -0.39 is 0 Å². The van der Waals surface area contributed by atoms with E-state index in [9.17, 15) is 0 Å². The summed E-state index contributed by atoms with van der Waals surface area (Å²) < 4.78 is 5.63. The first-order valence-corrected chi connectivity index (χ1v) is 7.23. The van der Waals surface area contributed by atoms with Crippen LogP contribution in [0.15, 0.2) is 24.3 Å². The molecule has 20 heavy (non-hydrogen) atoms. The summed E-state index contributed by atoms with van der Waals surface area (Å²) in [6, 6.07) is 8.31. The Kier molecular flexibility index (Phi) is 3.97. The van der Waals surface area contributed by atoms with Gasteiger partial charge in [-0.3, -0.25) is 0 Å². The highest BCUT2D eigenvalue weighted by atomic mass is 16.5. The highest BCUT2D eigenvalue weighted by Crippen LogP contribution is 2.25. The molecule has 1 aliphatic rings. The fraction of sp³-hybridized carbons (Fsp3) is 0.467. The molecule has 1 aliphatic heterocycles. The van der Waals surface area contributed by atoms with E-state index >= 15 is 0 Å². The van der Waals surface area contributed by atoms with Gasteiger partial charge < -0.3 is 15.4 Å². The molecule has 1 aromatic carbocycles. The van der Waals surface area contributed by atoms with E-state index in [0.29, 0.717) is 18.5 Å². The maximum Gasteiger partial charge on any atom is 0.258 e. The molecule has 0 spiro atoms. The molecule has 5 heteroatoms. The number of nitrogens with zero attached hydrogens (tertiary/aromatic N) is 2. The van der Waals surface area contributed by atoms with Crippen LogP contribution in [0.25, 0.3) is 11.0 Å². The molecule has 0 radical (unpaired) electrons. The van der Waals surface area contributed by atoms with Gasteiger partial charge in [0.15, 0.2) is 5.82 Å². The van der Waals surface area contributed by atoms with Gasteiger partial charge in [0.05, 0.1) is 17.6 Å². The molecule has 0 saturated carbocycles. The fourth-order valence-electron chi connectivity index (χ4n) is 2.47. The third-order valence-electron chi connectivity index (χ3n) is 3.50. The zero-order chi connectivity index (χ0) is 13.8. The zero-order valence-corrected chi connectivity index (χ0v) is 11.7. The molecule has 0 atom stereocenters. The molecule has 1 fully saturated rings. The van der Waals surface area contributed by atoms with E-state index in [1.165, 1.54) is 0 Å². The molecule has 5 nitrogen and oxygen atoms in total. The zero-order valence-electron chi connectivity index (χ0n) is 11.7. The van der Waals surface area contributed by atoms with Crippen LogP contribution in [-0.4, -0.2) is 35.7 Å². The molecule has 2 heterocycles. The molecule has 3 rings (SSSR count). The molecule has 0 unspecified atom stereocenters. The summed E-state index contributed by atoms with van der Waals surface area (Å²) in [7, 11) is 0. The van der Waals surface area contributed by atoms with Gasteiger partial charge in [-0.1, -0.05) is 12.1 Å². The Bertz CT molecular complexity index is 581. The quantitative estimate of drug-likeness (QED) is 0.893. The average Bonchev–Trinajstić information content (AvgIpc) is 2.49. The lowest BCUT2D eigenvalue weighted by molar-refractivity contribution is 0.327. The van der Waals surface area contributed by atoms with E-state index in [2.05, 4.69) is 20.6 Å². The lowest BCUT2D eigenvalue weighted by Gasteiger charge is -2.24. The minimum absolute atomic E-state index is 0.436. The topological polar surface area (TPSA) is 59.1 Å². The number of piperidine rings is 1. The first-order valence-electron chi connectivity index (χ1n) is 7.23. The van der Waals surface area contributed by atoms with Gasteiger partial charge in [0, 0.05) is 6.04 Å². The van der Waals surface area contributed by atoms with Crippen molar-refractivity contribution in [3.05, 3.63) is 24.3 Å². The van der Waals surface area contributed by atoms with Gasteiger partial charge in [-0.25, -0.2) is 9.97 Å². The second-order valence-corrected chi connectivity index (χ2v) is 4.97. The van der Waals surface area contributed by atoms with Gasteiger partial charge in [0.2, 0.25) is 0 Å². The van der Waals surface area contributed by atoms with Crippen LogP contribution in [0.5, 0.6) is 5.88 Å². The Morgan fingerprint density at radius 2 is 1.90 bits per heavy atom. The molecule has 1 saturated heterocycles. The maximum atomic E-state index is 5.63. The lowest BCUT2D eigenvalue weighted by atomic mass is 10.1. The molecular weight excluding hydrogens is 252 g/mol. The van der Waals surface area contributed by atoms with Gasteiger partial charge in [0.1, 0.15) is 0 Å². The number of fused-ring (bicyclic) bond motifs is 1. The summed E-state index contributed by atoms with van der Waals surface area (Å²) in [6.07, 6.45) is 2.19. The van der Waals surface area contributed by atoms with Gasteiger partial charge >= 0.3 is 0 Å². The summed E-state index contributed by atoms with van der Waals surface area (Å²) in [5.74, 6) is 1.36. The molecule has 1 aromatic heterocycles. The molecule has 2 aromatic rings. The van der Waals surface area contributed by atoms with E-state index in [1.54, 1.807) is 0 Å². The first kappa shape index (κ1) is 13.1. The SMILES string of the molecule is CCOc1nc2ccccc2nc1NC1CCNCC1. The van der Waals surface area contributed by atoms with Crippen LogP contribution < -0.4 is 15.4 Å². The summed E-state index contributed by atoms with van der Waals surface area (Å²) in [6.45, 7) is 4.64. The van der Waals surface area contributed by atoms with Crippen molar-refractivity contribution in [1.82, 2.24) is 15.3 Å². The second-order valence-electron chi connectivity index (χ2n) is 4.97. The van der Waals surface area contributed by atoms with Crippen LogP contribution in [0.4, 0.5) is 5.82 Å². The van der Waals surface area contributed by atoms with E-state index in [4.69, 9.17) is 4.74 Å². The highest BCUT2D eigenvalue weighted by Gasteiger charge is 2.17. The standard InChI is InChI=1S/C15H20N4O/c1-2-20-15-14(17-11-7-9-16-10-8-11)18-12-5-3-4-6-13(12)19-15/h3-6,11,16H,2,7-10H2,1H3,(H,17,18). The first-order chi connectivity index (χ1) is 9.86. The summed E-state index contributed by atoms with van der Waals surface area (Å²) in [5, 5.41) is 6.85. The number of anilines is 1. The van der Waals surface area contributed by atoms with Crippen LogP contribution in [0.1, 0.15) is 19.8 Å². The minimum Gasteiger partial charge on any atom is -0.475 e. The fourth-order valence-corrected chi connectivity index (χ4v) is 2.47. The predicted octanol–water partition coefficient (Wildman–Crippen LogP) is 2.19. The van der Waals surface area contributed by atoms with Crippen molar-refractivity contribution in [1.29, 1.82) is 0 Å². The third-order valence-corrected chi connectivity index (χ3v) is 3.50. The highest BCUT2D eigenvalue weighted by molar-refractivity contribution is 5.77. The van der Waals surface area contributed by atoms with Crippen molar-refractivity contribution < 1.29 is 4.74 Å². The number of hydrogen-bond acceptors (Lipinski definition) is 5.